The number of benzene rings is 1. The highest BCUT2D eigenvalue weighted by Gasteiger charge is 2.15. The van der Waals surface area contributed by atoms with Crippen LogP contribution >= 0.6 is 0 Å². The molecule has 2 aromatic rings. The fourth-order valence-corrected chi connectivity index (χ4v) is 2.85. The molecule has 0 saturated heterocycles. The number of aromatic nitrogens is 1. The Morgan fingerprint density at radius 3 is 2.81 bits per heavy atom. The lowest BCUT2D eigenvalue weighted by molar-refractivity contribution is 0.466. The van der Waals surface area contributed by atoms with Crippen molar-refractivity contribution in [1.82, 2.24) is 4.57 Å². The summed E-state index contributed by atoms with van der Waals surface area (Å²) >= 11 is 0. The van der Waals surface area contributed by atoms with Gasteiger partial charge in [0, 0.05) is 29.3 Å². The molecule has 1 aliphatic rings. The van der Waals surface area contributed by atoms with Gasteiger partial charge in [0.05, 0.1) is 0 Å². The van der Waals surface area contributed by atoms with Crippen LogP contribution in [0.25, 0.3) is 10.9 Å². The minimum atomic E-state index is 0.853. The highest BCUT2D eigenvalue weighted by atomic mass is 15.0. The zero-order valence-electron chi connectivity index (χ0n) is 9.52. The number of hydrogen-bond donors (Lipinski definition) is 1. The van der Waals surface area contributed by atoms with E-state index in [0.29, 0.717) is 0 Å². The van der Waals surface area contributed by atoms with Crippen molar-refractivity contribution >= 4 is 16.6 Å². The van der Waals surface area contributed by atoms with E-state index >= 15 is 0 Å². The molecule has 0 atom stereocenters. The summed E-state index contributed by atoms with van der Waals surface area (Å²) < 4.78 is 2.38. The second-order valence-corrected chi connectivity index (χ2v) is 4.94. The van der Waals surface area contributed by atoms with Gasteiger partial charge in [-0.05, 0) is 43.0 Å². The van der Waals surface area contributed by atoms with Crippen molar-refractivity contribution < 1.29 is 0 Å². The Bertz CT molecular complexity index is 492. The summed E-state index contributed by atoms with van der Waals surface area (Å²) in [6.07, 6.45) is 7.82. The summed E-state index contributed by atoms with van der Waals surface area (Å²) in [5.74, 6) is 0.883. The third-order valence-corrected chi connectivity index (χ3v) is 3.72. The molecule has 2 nitrogen and oxygen atoms in total. The molecule has 0 amide bonds. The van der Waals surface area contributed by atoms with Gasteiger partial charge in [-0.3, -0.25) is 0 Å². The number of anilines is 1. The maximum atomic E-state index is 5.79. The summed E-state index contributed by atoms with van der Waals surface area (Å²) in [7, 11) is 0. The van der Waals surface area contributed by atoms with Crippen molar-refractivity contribution in [2.45, 2.75) is 32.2 Å². The van der Waals surface area contributed by atoms with Gasteiger partial charge >= 0.3 is 0 Å². The van der Waals surface area contributed by atoms with E-state index in [1.807, 2.05) is 6.07 Å². The Hall–Kier alpha value is -1.44. The van der Waals surface area contributed by atoms with Crippen LogP contribution in [0.15, 0.2) is 30.5 Å². The number of rotatable bonds is 2. The fraction of sp³-hybridized carbons (Fsp3) is 0.429. The standard InChI is InChI=1S/C14H18N2/c15-13-5-6-14-12(9-13)7-8-16(14)10-11-3-1-2-4-11/h5-9,11H,1-4,10,15H2. The zero-order chi connectivity index (χ0) is 11.0. The number of nitrogens with zero attached hydrogens (tertiary/aromatic N) is 1. The summed E-state index contributed by atoms with van der Waals surface area (Å²) in [5.41, 5.74) is 7.96. The summed E-state index contributed by atoms with van der Waals surface area (Å²) in [4.78, 5) is 0. The molecule has 1 fully saturated rings. The second-order valence-electron chi connectivity index (χ2n) is 4.94. The normalized spacial score (nSPS) is 17.2. The molecule has 16 heavy (non-hydrogen) atoms. The highest BCUT2D eigenvalue weighted by molar-refractivity contribution is 5.83. The molecule has 1 aromatic carbocycles. The van der Waals surface area contributed by atoms with Crippen LogP contribution in [0.4, 0.5) is 5.69 Å². The van der Waals surface area contributed by atoms with E-state index in [1.165, 1.54) is 43.1 Å². The summed E-state index contributed by atoms with van der Waals surface area (Å²) in [5, 5.41) is 1.26. The first-order chi connectivity index (χ1) is 7.83. The first-order valence-corrected chi connectivity index (χ1v) is 6.17. The van der Waals surface area contributed by atoms with Crippen LogP contribution in [0.5, 0.6) is 0 Å². The lowest BCUT2D eigenvalue weighted by atomic mass is 10.1. The van der Waals surface area contributed by atoms with Crippen molar-refractivity contribution in [3.05, 3.63) is 30.5 Å². The Labute approximate surface area is 96.1 Å². The van der Waals surface area contributed by atoms with Crippen molar-refractivity contribution in [1.29, 1.82) is 0 Å². The van der Waals surface area contributed by atoms with Crippen LogP contribution in [0.3, 0.4) is 0 Å². The average molecular weight is 214 g/mol. The summed E-state index contributed by atoms with van der Waals surface area (Å²) in [6, 6.07) is 8.36. The van der Waals surface area contributed by atoms with Gasteiger partial charge in [0.1, 0.15) is 0 Å². The van der Waals surface area contributed by atoms with Gasteiger partial charge in [0.15, 0.2) is 0 Å². The number of nitrogen functional groups attached to an aromatic ring is 1. The molecular formula is C14H18N2. The van der Waals surface area contributed by atoms with Gasteiger partial charge in [-0.2, -0.15) is 0 Å². The van der Waals surface area contributed by atoms with Gasteiger partial charge in [-0.1, -0.05) is 12.8 Å². The van der Waals surface area contributed by atoms with Crippen LogP contribution in [0.1, 0.15) is 25.7 Å². The third-order valence-electron chi connectivity index (χ3n) is 3.72. The van der Waals surface area contributed by atoms with Crippen molar-refractivity contribution in [2.24, 2.45) is 5.92 Å². The largest absolute Gasteiger partial charge is 0.399 e. The molecule has 0 aliphatic heterocycles. The molecule has 3 rings (SSSR count). The van der Waals surface area contributed by atoms with Crippen molar-refractivity contribution in [3.8, 4) is 0 Å². The molecule has 1 aliphatic carbocycles. The minimum Gasteiger partial charge on any atom is -0.399 e. The van der Waals surface area contributed by atoms with E-state index in [-0.39, 0.29) is 0 Å². The molecule has 1 aromatic heterocycles. The molecule has 2 heteroatoms. The molecule has 1 heterocycles. The first kappa shape index (κ1) is 9.76. The van der Waals surface area contributed by atoms with Crippen LogP contribution in [-0.4, -0.2) is 4.57 Å². The zero-order valence-corrected chi connectivity index (χ0v) is 9.52. The lowest BCUT2D eigenvalue weighted by Crippen LogP contribution is -2.05. The maximum Gasteiger partial charge on any atom is 0.0481 e. The van der Waals surface area contributed by atoms with E-state index in [9.17, 15) is 0 Å². The molecular weight excluding hydrogens is 196 g/mol. The Balaban J connectivity index is 1.91. The SMILES string of the molecule is Nc1ccc2c(ccn2CC2CCCC2)c1. The second kappa shape index (κ2) is 3.85. The number of fused-ring (bicyclic) bond motifs is 1. The first-order valence-electron chi connectivity index (χ1n) is 6.17. The molecule has 2 N–H and O–H groups in total. The Morgan fingerprint density at radius 1 is 1.19 bits per heavy atom. The van der Waals surface area contributed by atoms with E-state index in [4.69, 9.17) is 5.73 Å². The predicted octanol–water partition coefficient (Wildman–Crippen LogP) is 3.41. The van der Waals surface area contributed by atoms with Crippen LogP contribution < -0.4 is 5.73 Å². The Kier molecular flexibility index (Phi) is 2.35. The number of nitrogens with two attached hydrogens (primary N) is 1. The molecule has 84 valence electrons. The van der Waals surface area contributed by atoms with Crippen molar-refractivity contribution in [3.63, 3.8) is 0 Å². The molecule has 0 radical (unpaired) electrons. The van der Waals surface area contributed by atoms with Crippen LogP contribution in [-0.2, 0) is 6.54 Å². The van der Waals surface area contributed by atoms with Gasteiger partial charge in [-0.15, -0.1) is 0 Å². The Morgan fingerprint density at radius 2 is 2.00 bits per heavy atom. The molecule has 1 saturated carbocycles. The van der Waals surface area contributed by atoms with E-state index in [2.05, 4.69) is 29.0 Å². The average Bonchev–Trinajstić information content (AvgIpc) is 2.89. The van der Waals surface area contributed by atoms with E-state index in [1.54, 1.807) is 0 Å². The monoisotopic (exact) mass is 214 g/mol. The van der Waals surface area contributed by atoms with E-state index in [0.717, 1.165) is 11.6 Å². The summed E-state index contributed by atoms with van der Waals surface area (Å²) in [6.45, 7) is 1.17. The highest BCUT2D eigenvalue weighted by Crippen LogP contribution is 2.28. The van der Waals surface area contributed by atoms with Gasteiger partial charge in [0.2, 0.25) is 0 Å². The minimum absolute atomic E-state index is 0.853. The maximum absolute atomic E-state index is 5.79. The van der Waals surface area contributed by atoms with Crippen LogP contribution in [0.2, 0.25) is 0 Å². The molecule has 0 spiro atoms. The quantitative estimate of drug-likeness (QED) is 0.763. The fourth-order valence-electron chi connectivity index (χ4n) is 2.85. The van der Waals surface area contributed by atoms with E-state index < -0.39 is 0 Å². The molecule has 0 unspecified atom stereocenters. The lowest BCUT2D eigenvalue weighted by Gasteiger charge is -2.11. The predicted molar refractivity (Wildman–Crippen MR) is 68.3 cm³/mol. The topological polar surface area (TPSA) is 30.9 Å². The molecule has 0 bridgehead atoms. The third kappa shape index (κ3) is 1.69. The smallest absolute Gasteiger partial charge is 0.0481 e. The van der Waals surface area contributed by atoms with Gasteiger partial charge < -0.3 is 10.3 Å². The van der Waals surface area contributed by atoms with Crippen LogP contribution in [0, 0.1) is 5.92 Å². The van der Waals surface area contributed by atoms with Crippen molar-refractivity contribution in [2.75, 3.05) is 5.73 Å². The van der Waals surface area contributed by atoms with Gasteiger partial charge in [0.25, 0.3) is 0 Å². The van der Waals surface area contributed by atoms with Gasteiger partial charge in [-0.25, -0.2) is 0 Å². The number of hydrogen-bond acceptors (Lipinski definition) is 1.